The molecule has 23 heavy (non-hydrogen) atoms. The number of ether oxygens (including phenoxy) is 1. The number of hydrogen-bond acceptors (Lipinski definition) is 3. The summed E-state index contributed by atoms with van der Waals surface area (Å²) in [5.41, 5.74) is 5.66. The van der Waals surface area contributed by atoms with Crippen LogP contribution in [0.1, 0.15) is 29.8 Å². The van der Waals surface area contributed by atoms with Crippen LogP contribution in [-0.2, 0) is 4.74 Å². The first-order valence-corrected chi connectivity index (χ1v) is 7.17. The van der Waals surface area contributed by atoms with Crippen molar-refractivity contribution in [3.05, 3.63) is 58.9 Å². The van der Waals surface area contributed by atoms with E-state index in [9.17, 15) is 13.6 Å². The lowest BCUT2D eigenvalue weighted by Gasteiger charge is -2.20. The Morgan fingerprint density at radius 3 is 2.57 bits per heavy atom. The van der Waals surface area contributed by atoms with Gasteiger partial charge in [0, 0.05) is 11.1 Å². The van der Waals surface area contributed by atoms with Crippen molar-refractivity contribution in [3.63, 3.8) is 0 Å². The van der Waals surface area contributed by atoms with Gasteiger partial charge in [0.15, 0.2) is 6.17 Å². The predicted octanol–water partition coefficient (Wildman–Crippen LogP) is 3.70. The zero-order valence-electron chi connectivity index (χ0n) is 12.1. The average molecular weight is 314 g/mol. The van der Waals surface area contributed by atoms with Crippen LogP contribution < -0.4 is 5.43 Å². The fraction of sp³-hybridized carbons (Fsp3) is 0.176. The third-order valence-electron chi connectivity index (χ3n) is 4.13. The highest BCUT2D eigenvalue weighted by atomic mass is 19.1. The number of alkyl halides is 1. The minimum Gasteiger partial charge on any atom is -0.439 e. The van der Waals surface area contributed by atoms with Gasteiger partial charge in [-0.3, -0.25) is 0 Å². The number of hydrogen-bond donors (Lipinski definition) is 1. The van der Waals surface area contributed by atoms with Crippen LogP contribution in [-0.4, -0.2) is 17.9 Å². The molecule has 4 nitrogen and oxygen atoms in total. The average Bonchev–Trinajstić information content (AvgIpc) is 2.80. The molecule has 0 saturated heterocycles. The number of carbonyl (C=O) groups is 1. The summed E-state index contributed by atoms with van der Waals surface area (Å²) in [5.74, 6) is -0.458. The van der Waals surface area contributed by atoms with E-state index in [4.69, 9.17) is 4.74 Å². The van der Waals surface area contributed by atoms with Crippen molar-refractivity contribution in [3.8, 4) is 11.1 Å². The van der Waals surface area contributed by atoms with E-state index < -0.39 is 24.2 Å². The summed E-state index contributed by atoms with van der Waals surface area (Å²) in [4.78, 5) is 11.1. The van der Waals surface area contributed by atoms with Crippen molar-refractivity contribution in [1.29, 1.82) is 0 Å². The maximum atomic E-state index is 14.7. The van der Waals surface area contributed by atoms with E-state index in [-0.39, 0.29) is 0 Å². The number of fused-ring (bicyclic) bond motifs is 3. The Morgan fingerprint density at radius 2 is 1.83 bits per heavy atom. The summed E-state index contributed by atoms with van der Waals surface area (Å²) in [7, 11) is 0. The summed E-state index contributed by atoms with van der Waals surface area (Å²) >= 11 is 0. The van der Waals surface area contributed by atoms with Gasteiger partial charge in [0.05, 0.1) is 0 Å². The lowest BCUT2D eigenvalue weighted by atomic mass is 9.99. The number of halogens is 2. The van der Waals surface area contributed by atoms with Gasteiger partial charge >= 0.3 is 6.09 Å². The van der Waals surface area contributed by atoms with Crippen LogP contribution in [0.4, 0.5) is 13.6 Å². The van der Waals surface area contributed by atoms with Crippen LogP contribution in [0.25, 0.3) is 11.1 Å². The quantitative estimate of drug-likeness (QED) is 0.872. The third-order valence-corrected chi connectivity index (χ3v) is 4.13. The minimum atomic E-state index is -1.38. The van der Waals surface area contributed by atoms with Crippen LogP contribution >= 0.6 is 0 Å². The standard InChI is InChI=1S/C17H12F2N2O2/c1-8-16(20-21-17(22)23-8)9-2-4-11-12-5-3-10(18)7-14(12)15(19)13(11)6-9/h2-8,15H,1H3,(H,21,22)/t8-,15-/m0/s1. The number of cyclic esters (lactones) is 1. The van der Waals surface area contributed by atoms with E-state index in [0.29, 0.717) is 28.0 Å². The number of carbonyl (C=O) groups excluding carboxylic acids is 1. The summed E-state index contributed by atoms with van der Waals surface area (Å²) in [6.45, 7) is 1.70. The van der Waals surface area contributed by atoms with Crippen LogP contribution in [0.2, 0.25) is 0 Å². The molecule has 0 radical (unpaired) electrons. The number of amides is 1. The lowest BCUT2D eigenvalue weighted by Crippen LogP contribution is -2.37. The van der Waals surface area contributed by atoms with Crippen LogP contribution in [0, 0.1) is 5.82 Å². The SMILES string of the molecule is C[C@@H]1OC(=O)NN=C1c1ccc2c(c1)[C@H](F)c1cc(F)ccc1-2. The molecule has 2 aromatic rings. The maximum Gasteiger partial charge on any atom is 0.428 e. The lowest BCUT2D eigenvalue weighted by molar-refractivity contribution is 0.127. The molecule has 2 aliphatic rings. The molecule has 0 fully saturated rings. The molecule has 6 heteroatoms. The molecule has 0 saturated carbocycles. The summed E-state index contributed by atoms with van der Waals surface area (Å²) in [6.07, 6.45) is -2.53. The van der Waals surface area contributed by atoms with Crippen molar-refractivity contribution in [1.82, 2.24) is 5.43 Å². The van der Waals surface area contributed by atoms with Crippen LogP contribution in [0.3, 0.4) is 0 Å². The molecular formula is C17H12F2N2O2. The van der Waals surface area contributed by atoms with Gasteiger partial charge in [-0.1, -0.05) is 18.2 Å². The van der Waals surface area contributed by atoms with Crippen LogP contribution in [0.15, 0.2) is 41.5 Å². The monoisotopic (exact) mass is 314 g/mol. The van der Waals surface area contributed by atoms with Crippen molar-refractivity contribution < 1.29 is 18.3 Å². The van der Waals surface area contributed by atoms with Gasteiger partial charge in [0.25, 0.3) is 0 Å². The molecule has 2 atom stereocenters. The van der Waals surface area contributed by atoms with E-state index in [1.165, 1.54) is 12.1 Å². The Kier molecular flexibility index (Phi) is 2.94. The van der Waals surface area contributed by atoms with Gasteiger partial charge in [-0.25, -0.2) is 19.0 Å². The molecule has 0 aromatic heterocycles. The highest BCUT2D eigenvalue weighted by Gasteiger charge is 2.31. The smallest absolute Gasteiger partial charge is 0.428 e. The number of nitrogens with zero attached hydrogens (tertiary/aromatic N) is 1. The fourth-order valence-electron chi connectivity index (χ4n) is 3.07. The van der Waals surface area contributed by atoms with Gasteiger partial charge < -0.3 is 4.74 Å². The molecule has 1 heterocycles. The first kappa shape index (κ1) is 13.9. The Bertz CT molecular complexity index is 864. The van der Waals surface area contributed by atoms with E-state index in [1.807, 2.05) is 0 Å². The molecular weight excluding hydrogens is 302 g/mol. The normalized spacial score (nSPS) is 21.9. The number of benzene rings is 2. The molecule has 4 rings (SSSR count). The molecule has 0 spiro atoms. The largest absolute Gasteiger partial charge is 0.439 e. The molecule has 1 aliphatic heterocycles. The van der Waals surface area contributed by atoms with Gasteiger partial charge in [0.2, 0.25) is 0 Å². The first-order chi connectivity index (χ1) is 11.0. The van der Waals surface area contributed by atoms with Gasteiger partial charge in [-0.15, -0.1) is 0 Å². The maximum absolute atomic E-state index is 14.7. The molecule has 116 valence electrons. The topological polar surface area (TPSA) is 50.7 Å². The molecule has 1 aliphatic carbocycles. The summed E-state index contributed by atoms with van der Waals surface area (Å²) in [6, 6.07) is 9.39. The van der Waals surface area contributed by atoms with E-state index in [0.717, 1.165) is 5.56 Å². The number of hydrazone groups is 1. The summed E-state index contributed by atoms with van der Waals surface area (Å²) in [5, 5.41) is 3.99. The van der Waals surface area contributed by atoms with Crippen molar-refractivity contribution >= 4 is 11.8 Å². The minimum absolute atomic E-state index is 0.334. The Morgan fingerprint density at radius 1 is 1.13 bits per heavy atom. The predicted molar refractivity (Wildman–Crippen MR) is 80.4 cm³/mol. The first-order valence-electron chi connectivity index (χ1n) is 7.17. The second-order valence-electron chi connectivity index (χ2n) is 5.55. The van der Waals surface area contributed by atoms with Crippen LogP contribution in [0.5, 0.6) is 0 Å². The number of rotatable bonds is 1. The highest BCUT2D eigenvalue weighted by Crippen LogP contribution is 2.46. The Balaban J connectivity index is 1.80. The fourth-order valence-corrected chi connectivity index (χ4v) is 3.07. The molecule has 1 N–H and O–H groups in total. The molecule has 0 unspecified atom stereocenters. The Labute approximate surface area is 130 Å². The molecule has 1 amide bonds. The van der Waals surface area contributed by atoms with Crippen molar-refractivity contribution in [2.24, 2.45) is 5.10 Å². The number of nitrogens with one attached hydrogen (secondary N) is 1. The third kappa shape index (κ3) is 2.10. The zero-order valence-corrected chi connectivity index (χ0v) is 12.1. The van der Waals surface area contributed by atoms with Crippen molar-refractivity contribution in [2.45, 2.75) is 19.2 Å². The molecule has 2 aromatic carbocycles. The van der Waals surface area contributed by atoms with E-state index in [1.54, 1.807) is 31.2 Å². The van der Waals surface area contributed by atoms with Crippen molar-refractivity contribution in [2.75, 3.05) is 0 Å². The van der Waals surface area contributed by atoms with Gasteiger partial charge in [0.1, 0.15) is 17.6 Å². The van der Waals surface area contributed by atoms with E-state index in [2.05, 4.69) is 10.5 Å². The summed E-state index contributed by atoms with van der Waals surface area (Å²) < 4.78 is 33.1. The highest BCUT2D eigenvalue weighted by molar-refractivity contribution is 6.06. The molecule has 0 bridgehead atoms. The second-order valence-corrected chi connectivity index (χ2v) is 5.55. The Hall–Kier alpha value is -2.76. The van der Waals surface area contributed by atoms with E-state index >= 15 is 0 Å². The second kappa shape index (κ2) is 4.87. The van der Waals surface area contributed by atoms with Gasteiger partial charge in [-0.2, -0.15) is 5.10 Å². The zero-order chi connectivity index (χ0) is 16.1. The van der Waals surface area contributed by atoms with Gasteiger partial charge in [-0.05, 0) is 41.8 Å².